The van der Waals surface area contributed by atoms with Gasteiger partial charge >= 0.3 is 18.2 Å². The number of hydrogen-bond donors (Lipinski definition) is 3. The van der Waals surface area contributed by atoms with Crippen LogP contribution in [-0.4, -0.2) is 93.4 Å². The number of hydroxylamine groups is 2. The van der Waals surface area contributed by atoms with Gasteiger partial charge in [-0.25, -0.2) is 14.6 Å². The Morgan fingerprint density at radius 2 is 1.97 bits per heavy atom. The zero-order chi connectivity index (χ0) is 28.2. The van der Waals surface area contributed by atoms with E-state index in [0.29, 0.717) is 18.8 Å². The maximum Gasteiger partial charge on any atom is 0.528 e. The van der Waals surface area contributed by atoms with E-state index in [2.05, 4.69) is 17.4 Å². The van der Waals surface area contributed by atoms with Crippen LogP contribution in [0.3, 0.4) is 0 Å². The van der Waals surface area contributed by atoms with Gasteiger partial charge in [-0.05, 0) is 83.3 Å². The van der Waals surface area contributed by atoms with Crippen molar-refractivity contribution in [3.8, 4) is 0 Å². The molecule has 4 rings (SSSR count). The normalized spacial score (nSPS) is 21.6. The number of anilines is 1. The fourth-order valence-electron chi connectivity index (χ4n) is 5.11. The number of fused-ring (bicyclic) bond motifs is 1. The van der Waals surface area contributed by atoms with Gasteiger partial charge in [-0.1, -0.05) is 6.07 Å². The van der Waals surface area contributed by atoms with Crippen LogP contribution in [0.2, 0.25) is 0 Å². The number of amides is 1. The van der Waals surface area contributed by atoms with Gasteiger partial charge < -0.3 is 34.7 Å². The Kier molecular flexibility index (Phi) is 9.16. The number of ether oxygens (including phenoxy) is 2. The molecule has 3 N–H and O–H groups in total. The van der Waals surface area contributed by atoms with E-state index in [0.717, 1.165) is 43.7 Å². The fraction of sp³-hybridized carbons (Fsp3) is 0.704. The predicted molar refractivity (Wildman–Crippen MR) is 140 cm³/mol. The van der Waals surface area contributed by atoms with Crippen LogP contribution in [-0.2, 0) is 31.9 Å². The van der Waals surface area contributed by atoms with Crippen LogP contribution in [0.25, 0.3) is 0 Å². The number of nitrogens with one attached hydrogen (secondary N) is 1. The van der Waals surface area contributed by atoms with Crippen LogP contribution >= 0.6 is 0 Å². The van der Waals surface area contributed by atoms with Gasteiger partial charge in [0.15, 0.2) is 0 Å². The number of carboxylic acids is 1. The molecule has 12 heteroatoms. The highest BCUT2D eigenvalue weighted by Gasteiger charge is 2.43. The van der Waals surface area contributed by atoms with Crippen LogP contribution in [0.15, 0.2) is 12.1 Å². The molecule has 1 saturated heterocycles. The molecule has 1 aliphatic carbocycles. The molecule has 39 heavy (non-hydrogen) atoms. The second kappa shape index (κ2) is 12.4. The number of aromatic nitrogens is 1. The molecule has 12 nitrogen and oxygen atoms in total. The number of aliphatic carboxylic acids is 1. The van der Waals surface area contributed by atoms with E-state index >= 15 is 0 Å². The second-order valence-electron chi connectivity index (χ2n) is 11.6. The molecule has 0 bridgehead atoms. The molecule has 2 fully saturated rings. The molecule has 0 aromatic carbocycles. The van der Waals surface area contributed by atoms with Gasteiger partial charge in [-0.15, -0.1) is 5.06 Å². The molecular formula is C27H40N4O8. The standard InChI is InChI=1S/C27H40N4O8/c1-27(2,3)38-25(35)30-15-21(16-30)37-26(36)39-31(22(10-12-32)24(33)34)20-13-17(14-20)6-8-19-9-7-18-5-4-11-28-23(18)29-19/h7,9,17,20-22,32H,4-6,8,10-16H2,1-3H3,(H,28,29)(H,33,34)/t17?,20?,22-/m0/s1. The largest absolute Gasteiger partial charge is 0.528 e. The average Bonchev–Trinajstić information content (AvgIpc) is 2.81. The molecular weight excluding hydrogens is 508 g/mol. The Balaban J connectivity index is 1.27. The zero-order valence-corrected chi connectivity index (χ0v) is 22.9. The van der Waals surface area contributed by atoms with Crippen molar-refractivity contribution in [2.75, 3.05) is 31.6 Å². The molecule has 1 atom stereocenters. The summed E-state index contributed by atoms with van der Waals surface area (Å²) in [4.78, 5) is 48.1. The molecule has 0 radical (unpaired) electrons. The number of pyridine rings is 1. The van der Waals surface area contributed by atoms with Crippen LogP contribution in [0, 0.1) is 5.92 Å². The van der Waals surface area contributed by atoms with Crippen LogP contribution < -0.4 is 5.32 Å². The van der Waals surface area contributed by atoms with E-state index in [1.54, 1.807) is 20.8 Å². The first kappa shape index (κ1) is 28.9. The monoisotopic (exact) mass is 548 g/mol. The number of carboxylic acid groups (broad SMARTS) is 1. The van der Waals surface area contributed by atoms with Crippen LogP contribution in [0.1, 0.15) is 64.1 Å². The minimum atomic E-state index is -1.19. The number of aliphatic hydroxyl groups is 1. The molecule has 1 amide bonds. The summed E-state index contributed by atoms with van der Waals surface area (Å²) in [6.07, 6.45) is 2.98. The highest BCUT2D eigenvalue weighted by atomic mass is 16.8. The molecule has 216 valence electrons. The number of aliphatic hydroxyl groups excluding tert-OH is 1. The van der Waals surface area contributed by atoms with Gasteiger partial charge in [0.2, 0.25) is 0 Å². The second-order valence-corrected chi connectivity index (χ2v) is 11.6. The number of hydrogen-bond acceptors (Lipinski definition) is 10. The fourth-order valence-corrected chi connectivity index (χ4v) is 5.11. The van der Waals surface area contributed by atoms with Crippen molar-refractivity contribution in [2.45, 2.75) is 89.5 Å². The van der Waals surface area contributed by atoms with Gasteiger partial charge in [0.1, 0.15) is 23.6 Å². The number of carbonyl (C=O) groups excluding carboxylic acids is 2. The van der Waals surface area contributed by atoms with Crippen molar-refractivity contribution in [1.29, 1.82) is 0 Å². The Bertz CT molecular complexity index is 1030. The lowest BCUT2D eigenvalue weighted by molar-refractivity contribution is -0.218. The molecule has 2 aliphatic heterocycles. The molecule has 1 saturated carbocycles. The summed E-state index contributed by atoms with van der Waals surface area (Å²) < 4.78 is 10.6. The number of carbonyl (C=O) groups is 3. The Hall–Kier alpha value is -3.12. The van der Waals surface area contributed by atoms with Crippen molar-refractivity contribution in [1.82, 2.24) is 14.9 Å². The lowest BCUT2D eigenvalue weighted by Gasteiger charge is -2.44. The van der Waals surface area contributed by atoms with Gasteiger partial charge in [0, 0.05) is 24.9 Å². The molecule has 3 heterocycles. The van der Waals surface area contributed by atoms with Crippen molar-refractivity contribution in [2.24, 2.45) is 5.92 Å². The summed E-state index contributed by atoms with van der Waals surface area (Å²) in [5, 5.41) is 23.7. The van der Waals surface area contributed by atoms with E-state index in [1.807, 2.05) is 0 Å². The third kappa shape index (κ3) is 7.72. The van der Waals surface area contributed by atoms with E-state index in [1.165, 1.54) is 15.5 Å². The highest BCUT2D eigenvalue weighted by Crippen LogP contribution is 2.37. The highest BCUT2D eigenvalue weighted by molar-refractivity contribution is 5.74. The third-order valence-electron chi connectivity index (χ3n) is 7.27. The molecule has 1 aromatic rings. The van der Waals surface area contributed by atoms with E-state index in [4.69, 9.17) is 19.3 Å². The minimum absolute atomic E-state index is 0.0916. The predicted octanol–water partition coefficient (Wildman–Crippen LogP) is 2.98. The van der Waals surface area contributed by atoms with Crippen LogP contribution in [0.4, 0.5) is 15.4 Å². The summed E-state index contributed by atoms with van der Waals surface area (Å²) in [5.41, 5.74) is 1.64. The van der Waals surface area contributed by atoms with E-state index in [9.17, 15) is 24.6 Å². The maximum atomic E-state index is 12.6. The third-order valence-corrected chi connectivity index (χ3v) is 7.27. The van der Waals surface area contributed by atoms with Crippen molar-refractivity contribution in [3.63, 3.8) is 0 Å². The Labute approximate surface area is 228 Å². The summed E-state index contributed by atoms with van der Waals surface area (Å²) in [6, 6.07) is 2.71. The maximum absolute atomic E-state index is 12.6. The van der Waals surface area contributed by atoms with Crippen LogP contribution in [0.5, 0.6) is 0 Å². The SMILES string of the molecule is CC(C)(C)OC(=O)N1CC(OC(=O)ON(C2CC(CCc3ccc4c(n3)NCCC4)C2)[C@@H](CCO)C(=O)O)C1. The smallest absolute Gasteiger partial charge is 0.480 e. The minimum Gasteiger partial charge on any atom is -0.480 e. The lowest BCUT2D eigenvalue weighted by Crippen LogP contribution is -2.57. The summed E-state index contributed by atoms with van der Waals surface area (Å²) in [6.45, 7) is 6.21. The van der Waals surface area contributed by atoms with Crippen molar-refractivity contribution >= 4 is 24.0 Å². The lowest BCUT2D eigenvalue weighted by atomic mass is 9.76. The average molecular weight is 549 g/mol. The first-order valence-electron chi connectivity index (χ1n) is 13.7. The van der Waals surface area contributed by atoms with E-state index < -0.39 is 36.0 Å². The quantitative estimate of drug-likeness (QED) is 0.292. The molecule has 1 aromatic heterocycles. The molecule has 3 aliphatic rings. The number of nitrogens with zero attached hydrogens (tertiary/aromatic N) is 3. The van der Waals surface area contributed by atoms with Gasteiger partial charge in [-0.2, -0.15) is 0 Å². The topological polar surface area (TPSA) is 151 Å². The van der Waals surface area contributed by atoms with Gasteiger partial charge in [0.05, 0.1) is 13.1 Å². The summed E-state index contributed by atoms with van der Waals surface area (Å²) >= 11 is 0. The number of aryl methyl sites for hydroxylation is 2. The Morgan fingerprint density at radius 1 is 1.23 bits per heavy atom. The number of likely N-dealkylation sites (tertiary alicyclic amines) is 1. The van der Waals surface area contributed by atoms with Gasteiger partial charge in [0.25, 0.3) is 0 Å². The van der Waals surface area contributed by atoms with Crippen molar-refractivity contribution < 1.29 is 38.9 Å². The van der Waals surface area contributed by atoms with Gasteiger partial charge in [-0.3, -0.25) is 4.79 Å². The number of rotatable bonds is 10. The van der Waals surface area contributed by atoms with Crippen molar-refractivity contribution in [3.05, 3.63) is 23.4 Å². The first-order chi connectivity index (χ1) is 18.5. The Morgan fingerprint density at radius 3 is 2.64 bits per heavy atom. The van der Waals surface area contributed by atoms with E-state index in [-0.39, 0.29) is 32.2 Å². The molecule has 0 spiro atoms. The molecule has 0 unspecified atom stereocenters. The first-order valence-corrected chi connectivity index (χ1v) is 13.7. The summed E-state index contributed by atoms with van der Waals surface area (Å²) in [5.74, 6) is 0.114. The zero-order valence-electron chi connectivity index (χ0n) is 22.9. The summed E-state index contributed by atoms with van der Waals surface area (Å²) in [7, 11) is 0.